The summed E-state index contributed by atoms with van der Waals surface area (Å²) >= 11 is 0. The Bertz CT molecular complexity index is 188. The first kappa shape index (κ1) is 12.2. The molecule has 0 saturated carbocycles. The Kier molecular flexibility index (Phi) is 3.71. The Morgan fingerprint density at radius 3 is 1.85 bits per heavy atom. The van der Waals surface area contributed by atoms with Crippen molar-refractivity contribution >= 4 is 5.97 Å². The Morgan fingerprint density at radius 1 is 1.38 bits per heavy atom. The Labute approximate surface area is 73.2 Å². The van der Waals surface area contributed by atoms with E-state index in [9.17, 15) is 23.1 Å². The zero-order chi connectivity index (χ0) is 10.8. The summed E-state index contributed by atoms with van der Waals surface area (Å²) in [5.41, 5.74) is 0. The van der Waals surface area contributed by atoms with Crippen molar-refractivity contribution in [1.82, 2.24) is 0 Å². The van der Waals surface area contributed by atoms with Gasteiger partial charge in [-0.3, -0.25) is 0 Å². The van der Waals surface area contributed by atoms with Gasteiger partial charge in [-0.05, 0) is 5.92 Å². The van der Waals surface area contributed by atoms with Gasteiger partial charge >= 0.3 is 6.18 Å². The largest absolute Gasteiger partial charge is 0.549 e. The SMILES string of the molecule is CC(C)C(O)C(C(=O)[O-])C(F)(F)F. The van der Waals surface area contributed by atoms with Crippen molar-refractivity contribution in [2.75, 3.05) is 0 Å². The van der Waals surface area contributed by atoms with Crippen LogP contribution in [-0.4, -0.2) is 23.4 Å². The van der Waals surface area contributed by atoms with Crippen LogP contribution in [0.25, 0.3) is 0 Å². The van der Waals surface area contributed by atoms with E-state index in [-0.39, 0.29) is 0 Å². The molecule has 6 heteroatoms. The normalized spacial score (nSPS) is 17.2. The molecular formula is C7H10F3O3-. The van der Waals surface area contributed by atoms with Gasteiger partial charge in [-0.2, -0.15) is 13.2 Å². The maximum absolute atomic E-state index is 12.0. The number of carbonyl (C=O) groups is 1. The van der Waals surface area contributed by atoms with Crippen molar-refractivity contribution in [1.29, 1.82) is 0 Å². The lowest BCUT2D eigenvalue weighted by atomic mass is 9.93. The first-order chi connectivity index (χ1) is 5.68. The van der Waals surface area contributed by atoms with E-state index in [1.54, 1.807) is 0 Å². The molecule has 0 aliphatic heterocycles. The fourth-order valence-electron chi connectivity index (χ4n) is 0.852. The molecule has 13 heavy (non-hydrogen) atoms. The predicted octanol–water partition coefficient (Wildman–Crippen LogP) is -0.0683. The number of aliphatic carboxylic acids is 1. The summed E-state index contributed by atoms with van der Waals surface area (Å²) in [6.45, 7) is 2.60. The lowest BCUT2D eigenvalue weighted by Crippen LogP contribution is -2.48. The van der Waals surface area contributed by atoms with Crippen LogP contribution >= 0.6 is 0 Å². The van der Waals surface area contributed by atoms with E-state index in [0.717, 1.165) is 0 Å². The number of aliphatic hydroxyl groups excluding tert-OH is 1. The van der Waals surface area contributed by atoms with Gasteiger partial charge in [-0.15, -0.1) is 0 Å². The summed E-state index contributed by atoms with van der Waals surface area (Å²) in [4.78, 5) is 10.1. The van der Waals surface area contributed by atoms with Gasteiger partial charge in [0.05, 0.1) is 12.1 Å². The highest BCUT2D eigenvalue weighted by Gasteiger charge is 2.46. The Balaban J connectivity index is 4.72. The molecule has 0 saturated heterocycles. The van der Waals surface area contributed by atoms with E-state index in [2.05, 4.69) is 0 Å². The molecule has 0 rings (SSSR count). The van der Waals surface area contributed by atoms with Gasteiger partial charge < -0.3 is 15.0 Å². The number of hydrogen-bond donors (Lipinski definition) is 1. The van der Waals surface area contributed by atoms with E-state index in [1.807, 2.05) is 0 Å². The van der Waals surface area contributed by atoms with Crippen molar-refractivity contribution in [2.45, 2.75) is 26.1 Å². The molecule has 78 valence electrons. The van der Waals surface area contributed by atoms with E-state index in [1.165, 1.54) is 13.8 Å². The molecule has 2 atom stereocenters. The van der Waals surface area contributed by atoms with Crippen LogP contribution in [0.15, 0.2) is 0 Å². The van der Waals surface area contributed by atoms with E-state index in [0.29, 0.717) is 0 Å². The Morgan fingerprint density at radius 2 is 1.77 bits per heavy atom. The van der Waals surface area contributed by atoms with Crippen molar-refractivity contribution < 1.29 is 28.2 Å². The van der Waals surface area contributed by atoms with E-state index in [4.69, 9.17) is 5.11 Å². The maximum atomic E-state index is 12.0. The summed E-state index contributed by atoms with van der Waals surface area (Å²) in [5, 5.41) is 19.1. The van der Waals surface area contributed by atoms with E-state index >= 15 is 0 Å². The highest BCUT2D eigenvalue weighted by molar-refractivity contribution is 5.69. The third-order valence-corrected chi connectivity index (χ3v) is 1.63. The molecule has 0 amide bonds. The van der Waals surface area contributed by atoms with Crippen LogP contribution in [0.5, 0.6) is 0 Å². The fraction of sp³-hybridized carbons (Fsp3) is 0.857. The third kappa shape index (κ3) is 3.22. The van der Waals surface area contributed by atoms with Gasteiger partial charge in [0.2, 0.25) is 0 Å². The summed E-state index contributed by atoms with van der Waals surface area (Å²) in [6, 6.07) is 0. The minimum Gasteiger partial charge on any atom is -0.549 e. The zero-order valence-electron chi connectivity index (χ0n) is 7.13. The van der Waals surface area contributed by atoms with Gasteiger partial charge in [0, 0.05) is 0 Å². The third-order valence-electron chi connectivity index (χ3n) is 1.63. The highest BCUT2D eigenvalue weighted by atomic mass is 19.4. The molecule has 0 aromatic heterocycles. The summed E-state index contributed by atoms with van der Waals surface area (Å²) in [5.74, 6) is -5.90. The number of carbonyl (C=O) groups excluding carboxylic acids is 1. The molecule has 0 fully saturated rings. The molecular weight excluding hydrogens is 189 g/mol. The second-order valence-electron chi connectivity index (χ2n) is 3.07. The fourth-order valence-corrected chi connectivity index (χ4v) is 0.852. The monoisotopic (exact) mass is 199 g/mol. The molecule has 0 aliphatic carbocycles. The van der Waals surface area contributed by atoms with Crippen LogP contribution in [0, 0.1) is 11.8 Å². The zero-order valence-corrected chi connectivity index (χ0v) is 7.13. The van der Waals surface area contributed by atoms with Crippen LogP contribution in [0.2, 0.25) is 0 Å². The standard InChI is InChI=1S/C7H11F3O3/c1-3(2)5(11)4(6(12)13)7(8,9)10/h3-5,11H,1-2H3,(H,12,13)/p-1. The Hall–Kier alpha value is -0.780. The molecule has 0 bridgehead atoms. The molecule has 0 spiro atoms. The number of halogens is 3. The molecule has 0 aromatic carbocycles. The smallest absolute Gasteiger partial charge is 0.399 e. The van der Waals surface area contributed by atoms with Gasteiger partial charge in [-0.1, -0.05) is 13.8 Å². The van der Waals surface area contributed by atoms with Crippen molar-refractivity contribution in [3.05, 3.63) is 0 Å². The molecule has 3 nitrogen and oxygen atoms in total. The summed E-state index contributed by atoms with van der Waals surface area (Å²) < 4.78 is 36.0. The number of carboxylic acids is 1. The van der Waals surface area contributed by atoms with Gasteiger partial charge in [0.15, 0.2) is 0 Å². The minimum absolute atomic E-state index is 0.787. The molecule has 0 heterocycles. The van der Waals surface area contributed by atoms with E-state index < -0.39 is 30.1 Å². The maximum Gasteiger partial charge on any atom is 0.399 e. The first-order valence-electron chi connectivity index (χ1n) is 3.63. The summed E-state index contributed by atoms with van der Waals surface area (Å²) in [7, 11) is 0. The minimum atomic E-state index is -4.97. The van der Waals surface area contributed by atoms with Crippen molar-refractivity contribution in [2.24, 2.45) is 11.8 Å². The van der Waals surface area contributed by atoms with Crippen LogP contribution in [0.4, 0.5) is 13.2 Å². The average molecular weight is 199 g/mol. The number of rotatable bonds is 3. The molecule has 0 aromatic rings. The molecule has 2 unspecified atom stereocenters. The second-order valence-corrected chi connectivity index (χ2v) is 3.07. The first-order valence-corrected chi connectivity index (χ1v) is 3.63. The molecule has 0 aliphatic rings. The van der Waals surface area contributed by atoms with Gasteiger partial charge in [0.25, 0.3) is 0 Å². The lowest BCUT2D eigenvalue weighted by Gasteiger charge is -2.28. The number of carboxylic acid groups (broad SMARTS) is 1. The predicted molar refractivity (Wildman–Crippen MR) is 35.4 cm³/mol. The van der Waals surface area contributed by atoms with Gasteiger partial charge in [-0.25, -0.2) is 0 Å². The molecule has 0 radical (unpaired) electrons. The van der Waals surface area contributed by atoms with Gasteiger partial charge in [0.1, 0.15) is 5.92 Å². The number of aliphatic hydroxyl groups is 1. The average Bonchev–Trinajstić information content (AvgIpc) is 1.82. The van der Waals surface area contributed by atoms with Crippen LogP contribution < -0.4 is 5.11 Å². The highest BCUT2D eigenvalue weighted by Crippen LogP contribution is 2.31. The number of alkyl halides is 3. The quantitative estimate of drug-likeness (QED) is 0.692. The van der Waals surface area contributed by atoms with Crippen molar-refractivity contribution in [3.63, 3.8) is 0 Å². The number of hydrogen-bond acceptors (Lipinski definition) is 3. The van der Waals surface area contributed by atoms with Crippen LogP contribution in [0.1, 0.15) is 13.8 Å². The topological polar surface area (TPSA) is 60.4 Å². The lowest BCUT2D eigenvalue weighted by molar-refractivity contribution is -0.332. The molecule has 1 N–H and O–H groups in total. The second kappa shape index (κ2) is 3.95. The van der Waals surface area contributed by atoms with Crippen LogP contribution in [-0.2, 0) is 4.79 Å². The van der Waals surface area contributed by atoms with Crippen molar-refractivity contribution in [3.8, 4) is 0 Å². The summed E-state index contributed by atoms with van der Waals surface area (Å²) in [6.07, 6.45) is -6.94. The van der Waals surface area contributed by atoms with Crippen LogP contribution in [0.3, 0.4) is 0 Å².